The second kappa shape index (κ2) is 13.9. The molecule has 6 N–H and O–H groups in total. The van der Waals surface area contributed by atoms with E-state index in [1.807, 2.05) is 26.0 Å². The van der Waals surface area contributed by atoms with Crippen LogP contribution in [0.25, 0.3) is 0 Å². The second-order valence-corrected chi connectivity index (χ2v) is 7.34. The molecule has 1 unspecified atom stereocenters. The number of nitrogens with one attached hydrogen (secondary N) is 4. The molecule has 0 fully saturated rings. The molecule has 2 heterocycles. The molecule has 2 aromatic rings. The van der Waals surface area contributed by atoms with Crippen molar-refractivity contribution >= 4 is 23.6 Å². The first-order valence-corrected chi connectivity index (χ1v) is 11.1. The summed E-state index contributed by atoms with van der Waals surface area (Å²) >= 11 is 0. The molecule has 0 saturated heterocycles. The van der Waals surface area contributed by atoms with E-state index in [0.29, 0.717) is 43.4 Å². The van der Waals surface area contributed by atoms with Crippen molar-refractivity contribution in [3.63, 3.8) is 0 Å². The van der Waals surface area contributed by atoms with Crippen molar-refractivity contribution in [1.82, 2.24) is 25.6 Å². The summed E-state index contributed by atoms with van der Waals surface area (Å²) in [5.74, 6) is 0.501. The van der Waals surface area contributed by atoms with Crippen LogP contribution in [0.5, 0.6) is 0 Å². The van der Waals surface area contributed by atoms with E-state index >= 15 is 0 Å². The molecule has 2 rings (SSSR count). The van der Waals surface area contributed by atoms with E-state index in [1.54, 1.807) is 12.4 Å². The molecule has 0 spiro atoms. The van der Waals surface area contributed by atoms with Gasteiger partial charge in [0.2, 0.25) is 11.9 Å². The summed E-state index contributed by atoms with van der Waals surface area (Å²) in [5, 5.41) is 12.1. The Morgan fingerprint density at radius 2 is 1.88 bits per heavy atom. The SMILES string of the molecule is CCCNc1nc(NCCc2ccncc2)ncc1C(=O)NCCC(CC)NC(=O)CN. The first-order chi connectivity index (χ1) is 15.6. The molecule has 0 aliphatic heterocycles. The summed E-state index contributed by atoms with van der Waals surface area (Å²) < 4.78 is 0. The molecule has 2 aromatic heterocycles. The minimum Gasteiger partial charge on any atom is -0.369 e. The quantitative estimate of drug-likeness (QED) is 0.294. The second-order valence-electron chi connectivity index (χ2n) is 7.34. The maximum atomic E-state index is 12.7. The Morgan fingerprint density at radius 1 is 1.09 bits per heavy atom. The van der Waals surface area contributed by atoms with Crippen molar-refractivity contribution < 1.29 is 9.59 Å². The van der Waals surface area contributed by atoms with Gasteiger partial charge in [0.25, 0.3) is 5.91 Å². The van der Waals surface area contributed by atoms with Crippen LogP contribution in [-0.2, 0) is 11.2 Å². The molecule has 10 nitrogen and oxygen atoms in total. The van der Waals surface area contributed by atoms with E-state index < -0.39 is 0 Å². The third kappa shape index (κ3) is 8.46. The van der Waals surface area contributed by atoms with Gasteiger partial charge in [0.05, 0.1) is 6.54 Å². The topological polar surface area (TPSA) is 147 Å². The molecule has 32 heavy (non-hydrogen) atoms. The maximum absolute atomic E-state index is 12.7. The van der Waals surface area contributed by atoms with Crippen molar-refractivity contribution in [2.75, 3.05) is 36.8 Å². The van der Waals surface area contributed by atoms with Crippen LogP contribution in [0.3, 0.4) is 0 Å². The largest absolute Gasteiger partial charge is 0.369 e. The van der Waals surface area contributed by atoms with Gasteiger partial charge in [-0.3, -0.25) is 14.6 Å². The van der Waals surface area contributed by atoms with E-state index in [2.05, 4.69) is 36.2 Å². The first kappa shape index (κ1) is 25.0. The van der Waals surface area contributed by atoms with E-state index in [1.165, 1.54) is 11.8 Å². The normalized spacial score (nSPS) is 11.5. The van der Waals surface area contributed by atoms with Gasteiger partial charge in [-0.05, 0) is 43.4 Å². The minimum atomic E-state index is -0.257. The van der Waals surface area contributed by atoms with Crippen molar-refractivity contribution in [2.24, 2.45) is 5.73 Å². The Bertz CT molecular complexity index is 847. The number of aromatic nitrogens is 3. The van der Waals surface area contributed by atoms with Crippen molar-refractivity contribution in [1.29, 1.82) is 0 Å². The third-order valence-corrected chi connectivity index (χ3v) is 4.84. The van der Waals surface area contributed by atoms with Crippen LogP contribution < -0.4 is 27.0 Å². The van der Waals surface area contributed by atoms with Crippen LogP contribution in [0.15, 0.2) is 30.7 Å². The number of nitrogens with two attached hydrogens (primary N) is 1. The van der Waals surface area contributed by atoms with Crippen LogP contribution >= 0.6 is 0 Å². The lowest BCUT2D eigenvalue weighted by molar-refractivity contribution is -0.120. The molecule has 0 aliphatic carbocycles. The third-order valence-electron chi connectivity index (χ3n) is 4.84. The number of pyridine rings is 1. The highest BCUT2D eigenvalue weighted by atomic mass is 16.2. The molecule has 174 valence electrons. The summed E-state index contributed by atoms with van der Waals surface area (Å²) in [6, 6.07) is 3.90. The number of amides is 2. The highest BCUT2D eigenvalue weighted by molar-refractivity contribution is 5.98. The van der Waals surface area contributed by atoms with Gasteiger partial charge in [0.1, 0.15) is 11.4 Å². The average molecular weight is 443 g/mol. The van der Waals surface area contributed by atoms with Crippen molar-refractivity contribution in [3.8, 4) is 0 Å². The van der Waals surface area contributed by atoms with Gasteiger partial charge in [-0.2, -0.15) is 4.98 Å². The summed E-state index contributed by atoms with van der Waals surface area (Å²) in [4.78, 5) is 37.0. The molecule has 0 radical (unpaired) electrons. The molecular formula is C22H34N8O2. The number of rotatable bonds is 14. The molecule has 10 heteroatoms. The Kier molecular flexibility index (Phi) is 10.9. The Hall–Kier alpha value is -3.27. The molecule has 2 amide bonds. The smallest absolute Gasteiger partial charge is 0.256 e. The van der Waals surface area contributed by atoms with E-state index in [4.69, 9.17) is 5.73 Å². The summed E-state index contributed by atoms with van der Waals surface area (Å²) in [6.07, 6.45) is 8.14. The van der Waals surface area contributed by atoms with Gasteiger partial charge in [0, 0.05) is 44.3 Å². The number of hydrogen-bond donors (Lipinski definition) is 5. The van der Waals surface area contributed by atoms with Gasteiger partial charge in [-0.25, -0.2) is 4.98 Å². The molecule has 1 atom stereocenters. The van der Waals surface area contributed by atoms with Gasteiger partial charge in [-0.15, -0.1) is 0 Å². The van der Waals surface area contributed by atoms with E-state index in [-0.39, 0.29) is 24.4 Å². The van der Waals surface area contributed by atoms with E-state index in [9.17, 15) is 9.59 Å². The predicted molar refractivity (Wildman–Crippen MR) is 125 cm³/mol. The van der Waals surface area contributed by atoms with Crippen LogP contribution in [0.4, 0.5) is 11.8 Å². The fourth-order valence-electron chi connectivity index (χ4n) is 3.00. The zero-order valence-corrected chi connectivity index (χ0v) is 18.9. The monoisotopic (exact) mass is 442 g/mol. The van der Waals surface area contributed by atoms with Crippen molar-refractivity contribution in [3.05, 3.63) is 41.9 Å². The lowest BCUT2D eigenvalue weighted by Crippen LogP contribution is -2.40. The maximum Gasteiger partial charge on any atom is 0.256 e. The number of carbonyl (C=O) groups excluding carboxylic acids is 2. The number of anilines is 2. The molecule has 0 aromatic carbocycles. The summed E-state index contributed by atoms with van der Waals surface area (Å²) in [5.41, 5.74) is 6.90. The zero-order chi connectivity index (χ0) is 23.2. The fourth-order valence-corrected chi connectivity index (χ4v) is 3.00. The Morgan fingerprint density at radius 3 is 2.56 bits per heavy atom. The lowest BCUT2D eigenvalue weighted by atomic mass is 10.1. The van der Waals surface area contributed by atoms with Crippen LogP contribution in [0.2, 0.25) is 0 Å². The summed E-state index contributed by atoms with van der Waals surface area (Å²) in [6.45, 7) is 5.75. The number of carbonyl (C=O) groups is 2. The molecule has 0 aliphatic rings. The predicted octanol–water partition coefficient (Wildman–Crippen LogP) is 1.32. The van der Waals surface area contributed by atoms with Gasteiger partial charge < -0.3 is 27.0 Å². The van der Waals surface area contributed by atoms with Crippen LogP contribution in [0, 0.1) is 0 Å². The van der Waals surface area contributed by atoms with Crippen molar-refractivity contribution in [2.45, 2.75) is 45.6 Å². The number of nitrogens with zero attached hydrogens (tertiary/aromatic N) is 3. The molecule has 0 bridgehead atoms. The fraction of sp³-hybridized carbons (Fsp3) is 0.500. The number of hydrogen-bond acceptors (Lipinski definition) is 8. The van der Waals surface area contributed by atoms with E-state index in [0.717, 1.165) is 19.3 Å². The molecule has 0 saturated carbocycles. The van der Waals surface area contributed by atoms with Crippen LogP contribution in [-0.4, -0.2) is 59.0 Å². The highest BCUT2D eigenvalue weighted by Gasteiger charge is 2.16. The van der Waals surface area contributed by atoms with Gasteiger partial charge in [0.15, 0.2) is 0 Å². The standard InChI is InChI=1S/C22H34N8O2/c1-3-9-25-20-18(21(32)26-13-8-17(4-2)29-19(31)14-23)15-28-22(30-20)27-12-7-16-5-10-24-11-6-16/h5-6,10-11,15,17H,3-4,7-9,12-14,23H2,1-2H3,(H,26,32)(H,29,31)(H2,25,27,28,30). The lowest BCUT2D eigenvalue weighted by Gasteiger charge is -2.17. The Balaban J connectivity index is 1.94. The highest BCUT2D eigenvalue weighted by Crippen LogP contribution is 2.14. The van der Waals surface area contributed by atoms with Gasteiger partial charge in [-0.1, -0.05) is 13.8 Å². The molecular weight excluding hydrogens is 408 g/mol. The first-order valence-electron chi connectivity index (χ1n) is 11.1. The summed E-state index contributed by atoms with van der Waals surface area (Å²) in [7, 11) is 0. The van der Waals surface area contributed by atoms with Gasteiger partial charge >= 0.3 is 0 Å². The van der Waals surface area contributed by atoms with Crippen LogP contribution in [0.1, 0.15) is 49.0 Å². The zero-order valence-electron chi connectivity index (χ0n) is 18.9. The minimum absolute atomic E-state index is 0.0349. The Labute approximate surface area is 189 Å². The average Bonchev–Trinajstić information content (AvgIpc) is 2.82.